The number of benzene rings is 1. The first-order chi connectivity index (χ1) is 11.0. The van der Waals surface area contributed by atoms with Crippen LogP contribution in [0.4, 0.5) is 0 Å². The van der Waals surface area contributed by atoms with Crippen LogP contribution in [0.25, 0.3) is 21.3 Å². The summed E-state index contributed by atoms with van der Waals surface area (Å²) in [4.78, 5) is 17.4. The number of thiophene rings is 1. The highest BCUT2D eigenvalue weighted by Crippen LogP contribution is 2.39. The Morgan fingerprint density at radius 3 is 2.43 bits per heavy atom. The van der Waals surface area contributed by atoms with Crippen LogP contribution >= 0.6 is 11.3 Å². The fourth-order valence-corrected chi connectivity index (χ4v) is 3.55. The van der Waals surface area contributed by atoms with E-state index in [-0.39, 0.29) is 0 Å². The molecule has 118 valence electrons. The summed E-state index contributed by atoms with van der Waals surface area (Å²) in [7, 11) is 1.61. The summed E-state index contributed by atoms with van der Waals surface area (Å²) in [5, 5.41) is 10.4. The topological polar surface area (TPSA) is 59.4 Å². The molecule has 0 aliphatic rings. The summed E-state index contributed by atoms with van der Waals surface area (Å²) in [5.74, 6) is 0.120. The lowest BCUT2D eigenvalue weighted by Crippen LogP contribution is -1.95. The van der Waals surface area contributed by atoms with Crippen molar-refractivity contribution in [2.24, 2.45) is 0 Å². The van der Waals surface area contributed by atoms with Crippen molar-refractivity contribution in [2.75, 3.05) is 7.11 Å². The summed E-state index contributed by atoms with van der Waals surface area (Å²) in [6.07, 6.45) is 0. The monoisotopic (exact) mass is 327 g/mol. The van der Waals surface area contributed by atoms with Crippen LogP contribution in [-0.2, 0) is 0 Å². The molecule has 2 aromatic heterocycles. The Morgan fingerprint density at radius 1 is 1.17 bits per heavy atom. The number of hydrogen-bond acceptors (Lipinski definition) is 4. The molecule has 5 heteroatoms. The van der Waals surface area contributed by atoms with Crippen LogP contribution in [-0.4, -0.2) is 23.2 Å². The predicted molar refractivity (Wildman–Crippen MR) is 92.7 cm³/mol. The van der Waals surface area contributed by atoms with Crippen molar-refractivity contribution in [3.05, 3.63) is 47.0 Å². The number of carboxylic acids is 1. The van der Waals surface area contributed by atoms with E-state index >= 15 is 0 Å². The van der Waals surface area contributed by atoms with E-state index in [1.807, 2.05) is 36.4 Å². The van der Waals surface area contributed by atoms with Crippen molar-refractivity contribution >= 4 is 27.5 Å². The van der Waals surface area contributed by atoms with E-state index in [4.69, 9.17) is 4.74 Å². The molecule has 0 spiro atoms. The summed E-state index contributed by atoms with van der Waals surface area (Å²) >= 11 is 1.23. The summed E-state index contributed by atoms with van der Waals surface area (Å²) < 4.78 is 5.17. The molecule has 0 bridgehead atoms. The molecule has 3 aromatic rings. The zero-order valence-corrected chi connectivity index (χ0v) is 14.0. The number of rotatable bonds is 4. The number of methoxy groups -OCH3 is 1. The number of aromatic nitrogens is 1. The van der Waals surface area contributed by atoms with Crippen molar-refractivity contribution in [3.8, 4) is 16.9 Å². The molecule has 4 nitrogen and oxygen atoms in total. The average molecular weight is 327 g/mol. The quantitative estimate of drug-likeness (QED) is 0.748. The van der Waals surface area contributed by atoms with Crippen LogP contribution in [0.2, 0.25) is 0 Å². The molecule has 1 N–H and O–H groups in total. The number of aromatic carboxylic acids is 1. The average Bonchev–Trinajstić information content (AvgIpc) is 2.93. The number of fused-ring (bicyclic) bond motifs is 1. The Morgan fingerprint density at radius 2 is 1.87 bits per heavy atom. The van der Waals surface area contributed by atoms with Crippen molar-refractivity contribution in [2.45, 2.75) is 19.8 Å². The zero-order valence-electron chi connectivity index (χ0n) is 13.2. The van der Waals surface area contributed by atoms with Gasteiger partial charge in [-0.25, -0.2) is 9.78 Å². The van der Waals surface area contributed by atoms with Gasteiger partial charge in [0.1, 0.15) is 15.5 Å². The molecular formula is C18H17NO3S. The molecule has 0 aliphatic carbocycles. The number of pyridine rings is 1. The SMILES string of the molecule is COc1ccc(-c2c(C(=O)O)sc3nc(C(C)C)ccc23)cc1. The van der Waals surface area contributed by atoms with Gasteiger partial charge in [0.2, 0.25) is 0 Å². The van der Waals surface area contributed by atoms with Crippen molar-refractivity contribution in [1.82, 2.24) is 4.98 Å². The number of hydrogen-bond donors (Lipinski definition) is 1. The molecule has 0 unspecified atom stereocenters. The molecule has 1 aromatic carbocycles. The number of carboxylic acid groups (broad SMARTS) is 1. The van der Waals surface area contributed by atoms with Gasteiger partial charge in [0.15, 0.2) is 0 Å². The summed E-state index contributed by atoms with van der Waals surface area (Å²) in [5.41, 5.74) is 2.55. The van der Waals surface area contributed by atoms with Gasteiger partial charge in [-0.05, 0) is 35.7 Å². The van der Waals surface area contributed by atoms with Crippen LogP contribution in [0.1, 0.15) is 35.1 Å². The summed E-state index contributed by atoms with van der Waals surface area (Å²) in [6, 6.07) is 11.4. The Kier molecular flexibility index (Phi) is 4.05. The second kappa shape index (κ2) is 6.01. The fraction of sp³-hybridized carbons (Fsp3) is 0.222. The normalized spacial score (nSPS) is 11.1. The Balaban J connectivity index is 2.24. The van der Waals surface area contributed by atoms with Gasteiger partial charge in [-0.1, -0.05) is 26.0 Å². The molecule has 0 radical (unpaired) electrons. The van der Waals surface area contributed by atoms with Crippen molar-refractivity contribution in [3.63, 3.8) is 0 Å². The first-order valence-corrected chi connectivity index (χ1v) is 8.14. The molecule has 23 heavy (non-hydrogen) atoms. The third kappa shape index (κ3) is 2.80. The van der Waals surface area contributed by atoms with Gasteiger partial charge in [0.05, 0.1) is 7.11 Å². The Bertz CT molecular complexity index is 866. The number of ether oxygens (including phenoxy) is 1. The van der Waals surface area contributed by atoms with Gasteiger partial charge >= 0.3 is 5.97 Å². The third-order valence-electron chi connectivity index (χ3n) is 3.74. The number of carbonyl (C=O) groups is 1. The van der Waals surface area contributed by atoms with Gasteiger partial charge in [-0.3, -0.25) is 0 Å². The molecule has 0 saturated heterocycles. The highest BCUT2D eigenvalue weighted by Gasteiger charge is 2.20. The molecule has 0 saturated carbocycles. The highest BCUT2D eigenvalue weighted by atomic mass is 32.1. The smallest absolute Gasteiger partial charge is 0.346 e. The first-order valence-electron chi connectivity index (χ1n) is 7.32. The Hall–Kier alpha value is -2.40. The lowest BCUT2D eigenvalue weighted by molar-refractivity contribution is 0.0703. The van der Waals surface area contributed by atoms with Gasteiger partial charge in [-0.2, -0.15) is 0 Å². The summed E-state index contributed by atoms with van der Waals surface area (Å²) in [6.45, 7) is 4.15. The molecule has 3 rings (SSSR count). The van der Waals surface area contributed by atoms with E-state index in [2.05, 4.69) is 18.8 Å². The van der Waals surface area contributed by atoms with E-state index in [1.54, 1.807) is 7.11 Å². The minimum Gasteiger partial charge on any atom is -0.497 e. The van der Waals surface area contributed by atoms with Crippen molar-refractivity contribution in [1.29, 1.82) is 0 Å². The Labute approximate surface area is 138 Å². The van der Waals surface area contributed by atoms with E-state index < -0.39 is 5.97 Å². The molecule has 0 aliphatic heterocycles. The minimum atomic E-state index is -0.926. The fourth-order valence-electron chi connectivity index (χ4n) is 2.51. The standard InChI is InChI=1S/C18H17NO3S/c1-10(2)14-9-8-13-15(11-4-6-12(22-3)7-5-11)16(18(20)21)23-17(13)19-14/h4-10H,1-3H3,(H,20,21). The molecule has 0 atom stereocenters. The molecule has 2 heterocycles. The van der Waals surface area contributed by atoms with E-state index in [0.717, 1.165) is 32.8 Å². The van der Waals surface area contributed by atoms with Gasteiger partial charge in [0.25, 0.3) is 0 Å². The lowest BCUT2D eigenvalue weighted by atomic mass is 10.0. The van der Waals surface area contributed by atoms with Crippen LogP contribution < -0.4 is 4.74 Å². The largest absolute Gasteiger partial charge is 0.497 e. The lowest BCUT2D eigenvalue weighted by Gasteiger charge is -2.06. The molecular weight excluding hydrogens is 310 g/mol. The second-order valence-corrected chi connectivity index (χ2v) is 6.58. The van der Waals surface area contributed by atoms with Gasteiger partial charge in [0, 0.05) is 16.6 Å². The second-order valence-electron chi connectivity index (χ2n) is 5.58. The zero-order chi connectivity index (χ0) is 16.6. The van der Waals surface area contributed by atoms with E-state index in [1.165, 1.54) is 11.3 Å². The van der Waals surface area contributed by atoms with Crippen LogP contribution in [0.5, 0.6) is 5.75 Å². The van der Waals surface area contributed by atoms with E-state index in [9.17, 15) is 9.90 Å². The first kappa shape index (κ1) is 15.5. The minimum absolute atomic E-state index is 0.305. The van der Waals surface area contributed by atoms with Crippen LogP contribution in [0.15, 0.2) is 36.4 Å². The maximum Gasteiger partial charge on any atom is 0.346 e. The maximum atomic E-state index is 11.7. The number of nitrogens with zero attached hydrogens (tertiary/aromatic N) is 1. The third-order valence-corrected chi connectivity index (χ3v) is 4.83. The molecule has 0 fully saturated rings. The predicted octanol–water partition coefficient (Wildman–Crippen LogP) is 4.79. The van der Waals surface area contributed by atoms with Gasteiger partial charge in [-0.15, -0.1) is 11.3 Å². The van der Waals surface area contributed by atoms with Crippen molar-refractivity contribution < 1.29 is 14.6 Å². The van der Waals surface area contributed by atoms with Crippen LogP contribution in [0, 0.1) is 0 Å². The van der Waals surface area contributed by atoms with Gasteiger partial charge < -0.3 is 9.84 Å². The van der Waals surface area contributed by atoms with E-state index in [0.29, 0.717) is 10.8 Å². The molecule has 0 amide bonds. The maximum absolute atomic E-state index is 11.7. The highest BCUT2D eigenvalue weighted by molar-refractivity contribution is 7.21. The van der Waals surface area contributed by atoms with Crippen LogP contribution in [0.3, 0.4) is 0 Å².